The van der Waals surface area contributed by atoms with Crippen LogP contribution in [0.2, 0.25) is 0 Å². The van der Waals surface area contributed by atoms with Gasteiger partial charge in [0.1, 0.15) is 4.90 Å². The van der Waals surface area contributed by atoms with E-state index < -0.39 is 38.5 Å². The highest BCUT2D eigenvalue weighted by atomic mass is 35.5. The van der Waals surface area contributed by atoms with Crippen molar-refractivity contribution in [3.8, 4) is 0 Å². The average molecular weight is 331 g/mol. The first kappa shape index (κ1) is 18.0. The molecule has 1 aromatic carbocycles. The zero-order chi connectivity index (χ0) is 14.4. The van der Waals surface area contributed by atoms with E-state index in [1.807, 2.05) is 0 Å². The highest BCUT2D eigenvalue weighted by molar-refractivity contribution is 7.85. The summed E-state index contributed by atoms with van der Waals surface area (Å²) in [5.41, 5.74) is -4.61. The molecule has 110 valence electrons. The van der Waals surface area contributed by atoms with Gasteiger partial charge in [-0.3, -0.25) is 4.55 Å². The number of hydrogen-bond donors (Lipinski definition) is 1. The lowest BCUT2D eigenvalue weighted by Gasteiger charge is -2.17. The van der Waals surface area contributed by atoms with Crippen LogP contribution in [0.4, 0.5) is 26.3 Å². The molecule has 0 aromatic heterocycles. The highest BCUT2D eigenvalue weighted by Gasteiger charge is 2.46. The van der Waals surface area contributed by atoms with Gasteiger partial charge in [0.2, 0.25) is 0 Å². The average Bonchev–Trinajstić information content (AvgIpc) is 2.12. The molecule has 0 aliphatic carbocycles. The third-order valence-electron chi connectivity index (χ3n) is 1.89. The van der Waals surface area contributed by atoms with E-state index in [0.717, 1.165) is 0 Å². The minimum Gasteiger partial charge on any atom is -0.282 e. The molecule has 3 nitrogen and oxygen atoms in total. The molecule has 0 atom stereocenters. The van der Waals surface area contributed by atoms with Crippen LogP contribution in [0.5, 0.6) is 0 Å². The van der Waals surface area contributed by atoms with Crippen LogP contribution in [0.3, 0.4) is 0 Å². The lowest BCUT2D eigenvalue weighted by atomic mass is 10.1. The zero-order valence-electron chi connectivity index (χ0n) is 8.58. The van der Waals surface area contributed by atoms with Gasteiger partial charge in [0.25, 0.3) is 10.1 Å². The van der Waals surface area contributed by atoms with Gasteiger partial charge in [-0.2, -0.15) is 34.8 Å². The van der Waals surface area contributed by atoms with Gasteiger partial charge in [-0.25, -0.2) is 0 Å². The Morgan fingerprint density at radius 2 is 1.42 bits per heavy atom. The van der Waals surface area contributed by atoms with Crippen LogP contribution in [-0.2, 0) is 22.5 Å². The minimum atomic E-state index is -5.57. The van der Waals surface area contributed by atoms with Crippen molar-refractivity contribution < 1.29 is 39.3 Å². The second-order valence-corrected chi connectivity index (χ2v) is 4.54. The number of halogens is 7. The molecule has 0 bridgehead atoms. The van der Waals surface area contributed by atoms with Gasteiger partial charge in [-0.1, -0.05) is 6.07 Å². The van der Waals surface area contributed by atoms with E-state index >= 15 is 0 Å². The maximum Gasteiger partial charge on any atom is 0.418 e. The molecule has 0 spiro atoms. The Hall–Kier alpha value is -1.00. The Balaban J connectivity index is 0.00000324. The first-order chi connectivity index (χ1) is 7.85. The van der Waals surface area contributed by atoms with Crippen molar-refractivity contribution in [1.29, 1.82) is 0 Å². The maximum atomic E-state index is 12.5. The van der Waals surface area contributed by atoms with E-state index in [-0.39, 0.29) is 24.5 Å². The fraction of sp³-hybridized carbons (Fsp3) is 0.250. The van der Waals surface area contributed by atoms with Crippen molar-refractivity contribution in [1.82, 2.24) is 0 Å². The molecule has 11 heteroatoms. The normalized spacial score (nSPS) is 13.0. The number of benzene rings is 1. The van der Waals surface area contributed by atoms with E-state index in [0.29, 0.717) is 6.07 Å². The zero-order valence-corrected chi connectivity index (χ0v) is 10.2. The lowest BCUT2D eigenvalue weighted by Crippen LogP contribution is -2.20. The Kier molecular flexibility index (Phi) is 4.90. The Morgan fingerprint density at radius 1 is 0.947 bits per heavy atom. The van der Waals surface area contributed by atoms with Gasteiger partial charge in [0.15, 0.2) is 0 Å². The predicted molar refractivity (Wildman–Crippen MR) is 53.5 cm³/mol. The summed E-state index contributed by atoms with van der Waals surface area (Å²) in [7, 11) is -5.42. The molecule has 0 saturated carbocycles. The first-order valence-corrected chi connectivity index (χ1v) is 5.54. The number of hydrogen-bond acceptors (Lipinski definition) is 2. The second kappa shape index (κ2) is 5.17. The molecular weight excluding hydrogens is 326 g/mol. The van der Waals surface area contributed by atoms with Gasteiger partial charge in [0.05, 0.1) is 11.1 Å². The van der Waals surface area contributed by atoms with Crippen LogP contribution in [0.1, 0.15) is 11.1 Å². The molecular formula is C8H5ClF6O3S. The molecule has 0 amide bonds. The van der Waals surface area contributed by atoms with Gasteiger partial charge in [-0.15, -0.1) is 12.4 Å². The quantitative estimate of drug-likeness (QED) is 0.634. The molecule has 1 N–H and O–H groups in total. The third kappa shape index (κ3) is 3.98. The van der Waals surface area contributed by atoms with Gasteiger partial charge >= 0.3 is 12.4 Å². The summed E-state index contributed by atoms with van der Waals surface area (Å²) in [4.78, 5) is -1.83. The summed E-state index contributed by atoms with van der Waals surface area (Å²) in [6.07, 6.45) is -11.0. The van der Waals surface area contributed by atoms with Crippen molar-refractivity contribution in [3.63, 3.8) is 0 Å². The molecule has 0 unspecified atom stereocenters. The summed E-state index contributed by atoms with van der Waals surface area (Å²) >= 11 is 0. The van der Waals surface area contributed by atoms with Crippen LogP contribution >= 0.6 is 12.4 Å². The topological polar surface area (TPSA) is 54.4 Å². The molecule has 0 aliphatic rings. The molecule has 1 rings (SSSR count). The Bertz CT molecular complexity index is 563. The smallest absolute Gasteiger partial charge is 0.282 e. The van der Waals surface area contributed by atoms with E-state index in [4.69, 9.17) is 4.55 Å². The van der Waals surface area contributed by atoms with Crippen LogP contribution < -0.4 is 0 Å². The molecule has 0 heterocycles. The van der Waals surface area contributed by atoms with Crippen molar-refractivity contribution in [3.05, 3.63) is 29.3 Å². The van der Waals surface area contributed by atoms with Crippen LogP contribution in [0.25, 0.3) is 0 Å². The Morgan fingerprint density at radius 3 is 1.74 bits per heavy atom. The van der Waals surface area contributed by atoms with Crippen molar-refractivity contribution >= 4 is 22.5 Å². The number of rotatable bonds is 1. The van der Waals surface area contributed by atoms with Gasteiger partial charge in [-0.05, 0) is 12.1 Å². The summed E-state index contributed by atoms with van der Waals surface area (Å²) < 4.78 is 104. The number of alkyl halides is 6. The first-order valence-electron chi connectivity index (χ1n) is 4.10. The summed E-state index contributed by atoms with van der Waals surface area (Å²) in [5, 5.41) is 0. The minimum absolute atomic E-state index is 0. The fourth-order valence-electron chi connectivity index (χ4n) is 1.27. The van der Waals surface area contributed by atoms with Crippen LogP contribution in [0.15, 0.2) is 23.1 Å². The van der Waals surface area contributed by atoms with E-state index in [2.05, 4.69) is 0 Å². The van der Waals surface area contributed by atoms with E-state index in [1.54, 1.807) is 0 Å². The van der Waals surface area contributed by atoms with Crippen molar-refractivity contribution in [2.24, 2.45) is 0 Å². The van der Waals surface area contributed by atoms with Crippen LogP contribution in [0, 0.1) is 0 Å². The molecule has 0 fully saturated rings. The standard InChI is InChI=1S/C8H4F6O3S.ClH/c9-7(10,11)4-2-1-3-5(18(15,16)17)6(4)8(12,13)14;/h1-3H,(H,15,16,17);1H. The van der Waals surface area contributed by atoms with Crippen molar-refractivity contribution in [2.75, 3.05) is 0 Å². The third-order valence-corrected chi connectivity index (χ3v) is 2.79. The largest absolute Gasteiger partial charge is 0.418 e. The fourth-order valence-corrected chi connectivity index (χ4v) is 2.01. The van der Waals surface area contributed by atoms with Crippen molar-refractivity contribution in [2.45, 2.75) is 17.2 Å². The molecule has 1 aromatic rings. The van der Waals surface area contributed by atoms with Gasteiger partial charge in [0, 0.05) is 0 Å². The Labute approximate surface area is 109 Å². The molecule has 0 aliphatic heterocycles. The SMILES string of the molecule is Cl.O=S(=O)(O)c1cccc(C(F)(F)F)c1C(F)(F)F. The lowest BCUT2D eigenvalue weighted by molar-refractivity contribution is -0.163. The van der Waals surface area contributed by atoms with E-state index in [1.165, 1.54) is 0 Å². The molecule has 0 radical (unpaired) electrons. The monoisotopic (exact) mass is 330 g/mol. The van der Waals surface area contributed by atoms with Crippen LogP contribution in [-0.4, -0.2) is 13.0 Å². The van der Waals surface area contributed by atoms with E-state index in [9.17, 15) is 34.8 Å². The maximum absolute atomic E-state index is 12.5. The summed E-state index contributed by atoms with van der Waals surface area (Å²) in [6.45, 7) is 0. The highest BCUT2D eigenvalue weighted by Crippen LogP contribution is 2.43. The second-order valence-electron chi connectivity index (χ2n) is 3.15. The molecule has 0 saturated heterocycles. The summed E-state index contributed by atoms with van der Waals surface area (Å²) in [5.74, 6) is 0. The summed E-state index contributed by atoms with van der Waals surface area (Å²) in [6, 6.07) is 0.784. The van der Waals surface area contributed by atoms with Gasteiger partial charge < -0.3 is 0 Å². The predicted octanol–water partition coefficient (Wildman–Crippen LogP) is 3.39. The molecule has 19 heavy (non-hydrogen) atoms.